The number of nitrogens with zero attached hydrogens (tertiary/aromatic N) is 3. The zero-order valence-electron chi connectivity index (χ0n) is 19.3. The van der Waals surface area contributed by atoms with Crippen LogP contribution in [0, 0.1) is 0 Å². The first-order chi connectivity index (χ1) is 16.6. The van der Waals surface area contributed by atoms with E-state index in [4.69, 9.17) is 14.2 Å². The fourth-order valence-corrected chi connectivity index (χ4v) is 3.32. The van der Waals surface area contributed by atoms with Crippen LogP contribution in [0.1, 0.15) is 23.7 Å². The largest absolute Gasteiger partial charge is 0.497 e. The summed E-state index contributed by atoms with van der Waals surface area (Å²) < 4.78 is 17.8. The monoisotopic (exact) mass is 458 g/mol. The summed E-state index contributed by atoms with van der Waals surface area (Å²) in [5.74, 6) is 1.84. The second-order valence-corrected chi connectivity index (χ2v) is 7.44. The number of anilines is 1. The molecule has 0 aliphatic heterocycles. The smallest absolute Gasteiger partial charge is 0.336 e. The topological polar surface area (TPSA) is 87.5 Å². The number of carbonyl (C=O) groups excluding carboxylic acids is 1. The summed E-state index contributed by atoms with van der Waals surface area (Å²) in [6, 6.07) is 22.2. The summed E-state index contributed by atoms with van der Waals surface area (Å²) in [6.07, 6.45) is 0.847. The average molecular weight is 459 g/mol. The van der Waals surface area contributed by atoms with Crippen LogP contribution in [0.2, 0.25) is 0 Å². The molecule has 0 bridgehead atoms. The molecule has 0 fully saturated rings. The minimum absolute atomic E-state index is 0.222. The zero-order chi connectivity index (χ0) is 23.9. The van der Waals surface area contributed by atoms with Crippen molar-refractivity contribution in [3.63, 3.8) is 0 Å². The lowest BCUT2D eigenvalue weighted by molar-refractivity contribution is 0.102. The molecule has 0 saturated heterocycles. The number of methoxy groups -OCH3 is 2. The van der Waals surface area contributed by atoms with E-state index in [1.807, 2.05) is 55.5 Å². The highest BCUT2D eigenvalue weighted by molar-refractivity contribution is 6.04. The minimum atomic E-state index is -0.222. The van der Waals surface area contributed by atoms with Crippen LogP contribution >= 0.6 is 0 Å². The molecule has 174 valence electrons. The van der Waals surface area contributed by atoms with Gasteiger partial charge in [0, 0.05) is 16.8 Å². The van der Waals surface area contributed by atoms with Gasteiger partial charge in [0.2, 0.25) is 0 Å². The highest BCUT2D eigenvalue weighted by Gasteiger charge is 2.16. The van der Waals surface area contributed by atoms with Gasteiger partial charge in [-0.05, 0) is 73.2 Å². The summed E-state index contributed by atoms with van der Waals surface area (Å²) >= 11 is 0. The van der Waals surface area contributed by atoms with Gasteiger partial charge in [0.05, 0.1) is 26.5 Å². The summed E-state index contributed by atoms with van der Waals surface area (Å²) in [5.41, 5.74) is 2.75. The number of ether oxygens (including phenoxy) is 3. The van der Waals surface area contributed by atoms with Crippen LogP contribution in [0.4, 0.5) is 5.69 Å². The van der Waals surface area contributed by atoms with Crippen LogP contribution in [0.15, 0.2) is 72.8 Å². The molecule has 4 rings (SSSR count). The molecule has 1 heterocycles. The van der Waals surface area contributed by atoms with Gasteiger partial charge in [-0.3, -0.25) is 4.79 Å². The van der Waals surface area contributed by atoms with Crippen LogP contribution in [0.5, 0.6) is 17.5 Å². The Morgan fingerprint density at radius 1 is 0.941 bits per heavy atom. The van der Waals surface area contributed by atoms with Crippen molar-refractivity contribution in [3.05, 3.63) is 78.4 Å². The summed E-state index contributed by atoms with van der Waals surface area (Å²) in [6.45, 7) is 2.54. The Kier molecular flexibility index (Phi) is 7.07. The van der Waals surface area contributed by atoms with E-state index in [0.29, 0.717) is 35.4 Å². The predicted octanol–water partition coefficient (Wildman–Crippen LogP) is 4.99. The van der Waals surface area contributed by atoms with Crippen molar-refractivity contribution in [1.82, 2.24) is 14.8 Å². The number of hydrogen-bond donors (Lipinski definition) is 1. The van der Waals surface area contributed by atoms with Crippen LogP contribution in [-0.2, 0) is 0 Å². The van der Waals surface area contributed by atoms with E-state index in [1.54, 1.807) is 43.2 Å². The van der Waals surface area contributed by atoms with Crippen molar-refractivity contribution in [2.75, 3.05) is 26.1 Å². The lowest BCUT2D eigenvalue weighted by atomic mass is 10.2. The molecule has 8 heteroatoms. The van der Waals surface area contributed by atoms with Gasteiger partial charge in [0.25, 0.3) is 5.91 Å². The van der Waals surface area contributed by atoms with Gasteiger partial charge < -0.3 is 19.5 Å². The Morgan fingerprint density at radius 2 is 1.62 bits per heavy atom. The lowest BCUT2D eigenvalue weighted by Crippen LogP contribution is -2.12. The highest BCUT2D eigenvalue weighted by Crippen LogP contribution is 2.27. The molecule has 3 aromatic carbocycles. The van der Waals surface area contributed by atoms with Crippen molar-refractivity contribution in [3.8, 4) is 34.6 Å². The summed E-state index contributed by atoms with van der Waals surface area (Å²) in [4.78, 5) is 17.3. The van der Waals surface area contributed by atoms with E-state index in [0.717, 1.165) is 23.4 Å². The van der Waals surface area contributed by atoms with Crippen molar-refractivity contribution in [2.45, 2.75) is 13.3 Å². The Hall–Kier alpha value is -4.33. The maximum Gasteiger partial charge on any atom is 0.336 e. The second-order valence-electron chi connectivity index (χ2n) is 7.44. The fraction of sp³-hybridized carbons (Fsp3) is 0.192. The van der Waals surface area contributed by atoms with Gasteiger partial charge in [-0.25, -0.2) is 4.68 Å². The van der Waals surface area contributed by atoms with E-state index >= 15 is 0 Å². The Labute approximate surface area is 198 Å². The fourth-order valence-electron chi connectivity index (χ4n) is 3.32. The van der Waals surface area contributed by atoms with Gasteiger partial charge in [0.1, 0.15) is 11.5 Å². The molecule has 0 atom stereocenters. The third kappa shape index (κ3) is 5.17. The molecule has 8 nitrogen and oxygen atoms in total. The van der Waals surface area contributed by atoms with Crippen molar-refractivity contribution in [1.29, 1.82) is 0 Å². The molecule has 0 aliphatic rings. The number of amides is 1. The van der Waals surface area contributed by atoms with Crippen LogP contribution < -0.4 is 19.5 Å². The first kappa shape index (κ1) is 22.8. The molecular formula is C26H26N4O4. The van der Waals surface area contributed by atoms with E-state index in [9.17, 15) is 4.79 Å². The Balaban J connectivity index is 1.64. The molecule has 0 unspecified atom stereocenters. The maximum atomic E-state index is 12.7. The van der Waals surface area contributed by atoms with Crippen molar-refractivity contribution in [2.24, 2.45) is 0 Å². The first-order valence-electron chi connectivity index (χ1n) is 10.9. The number of nitrogens with one attached hydrogen (secondary N) is 1. The van der Waals surface area contributed by atoms with Crippen molar-refractivity contribution >= 4 is 11.6 Å². The van der Waals surface area contributed by atoms with Gasteiger partial charge in [-0.1, -0.05) is 13.0 Å². The SMILES string of the molecule is CCCOc1nc(-c2ccc(OC)cc2)n(-c2cccc(NC(=O)c3ccc(OC)cc3)c2)n1. The molecular weight excluding hydrogens is 432 g/mol. The van der Waals surface area contributed by atoms with E-state index in [1.165, 1.54) is 0 Å². The first-order valence-corrected chi connectivity index (χ1v) is 10.9. The normalized spacial score (nSPS) is 10.6. The molecule has 0 aliphatic carbocycles. The highest BCUT2D eigenvalue weighted by atomic mass is 16.5. The second kappa shape index (κ2) is 10.5. The molecule has 34 heavy (non-hydrogen) atoms. The van der Waals surface area contributed by atoms with Gasteiger partial charge in [0.15, 0.2) is 5.82 Å². The van der Waals surface area contributed by atoms with Crippen LogP contribution in [0.3, 0.4) is 0 Å². The number of hydrogen-bond acceptors (Lipinski definition) is 6. The maximum absolute atomic E-state index is 12.7. The van der Waals surface area contributed by atoms with E-state index in [-0.39, 0.29) is 5.91 Å². The Morgan fingerprint density at radius 3 is 2.26 bits per heavy atom. The number of aromatic nitrogens is 3. The summed E-state index contributed by atoms with van der Waals surface area (Å²) in [7, 11) is 3.21. The van der Waals surface area contributed by atoms with Crippen molar-refractivity contribution < 1.29 is 19.0 Å². The number of rotatable bonds is 9. The lowest BCUT2D eigenvalue weighted by Gasteiger charge is -2.10. The van der Waals surface area contributed by atoms with Gasteiger partial charge >= 0.3 is 6.01 Å². The Bertz CT molecular complexity index is 1250. The predicted molar refractivity (Wildman–Crippen MR) is 130 cm³/mol. The number of carbonyl (C=O) groups is 1. The zero-order valence-corrected chi connectivity index (χ0v) is 19.3. The molecule has 0 saturated carbocycles. The van der Waals surface area contributed by atoms with Gasteiger partial charge in [-0.15, -0.1) is 5.10 Å². The minimum Gasteiger partial charge on any atom is -0.497 e. The van der Waals surface area contributed by atoms with E-state index in [2.05, 4.69) is 15.4 Å². The standard InChI is InChI=1S/C26H26N4O4/c1-4-16-34-26-28-24(18-8-12-22(32-2)13-9-18)30(29-26)21-7-5-6-20(17-21)27-25(31)19-10-14-23(33-3)15-11-19/h5-15,17H,4,16H2,1-3H3,(H,27,31). The molecule has 4 aromatic rings. The third-order valence-electron chi connectivity index (χ3n) is 5.07. The number of benzene rings is 3. The van der Waals surface area contributed by atoms with Crippen LogP contribution in [-0.4, -0.2) is 41.5 Å². The quantitative estimate of drug-likeness (QED) is 0.380. The molecule has 0 radical (unpaired) electrons. The van der Waals surface area contributed by atoms with Crippen LogP contribution in [0.25, 0.3) is 17.1 Å². The molecule has 1 amide bonds. The molecule has 1 N–H and O–H groups in total. The summed E-state index contributed by atoms with van der Waals surface area (Å²) in [5, 5.41) is 7.49. The van der Waals surface area contributed by atoms with Gasteiger partial charge in [-0.2, -0.15) is 4.98 Å². The third-order valence-corrected chi connectivity index (χ3v) is 5.07. The molecule has 1 aromatic heterocycles. The molecule has 0 spiro atoms. The van der Waals surface area contributed by atoms with E-state index < -0.39 is 0 Å². The average Bonchev–Trinajstić information content (AvgIpc) is 3.32.